The maximum atomic E-state index is 5.02. The zero-order valence-electron chi connectivity index (χ0n) is 21.2. The van der Waals surface area contributed by atoms with Gasteiger partial charge in [-0.15, -0.1) is 0 Å². The van der Waals surface area contributed by atoms with E-state index in [1.165, 1.54) is 0 Å². The molecule has 8 bridgehead atoms. The Balaban J connectivity index is 1.59. The van der Waals surface area contributed by atoms with Gasteiger partial charge in [-0.05, 0) is 72.8 Å². The highest BCUT2D eigenvalue weighted by Gasteiger charge is 2.20. The molecule has 38 heavy (non-hydrogen) atoms. The lowest BCUT2D eigenvalue weighted by atomic mass is 10.1. The van der Waals surface area contributed by atoms with Gasteiger partial charge in [0.05, 0.1) is 44.9 Å². The van der Waals surface area contributed by atoms with Gasteiger partial charge in [0, 0.05) is 35.3 Å². The predicted octanol–water partition coefficient (Wildman–Crippen LogP) is 5.64. The van der Waals surface area contributed by atoms with Gasteiger partial charge in [0.15, 0.2) is 12.4 Å². The van der Waals surface area contributed by atoms with E-state index in [-0.39, 0.29) is 0 Å². The summed E-state index contributed by atoms with van der Waals surface area (Å²) in [5.74, 6) is 0. The lowest BCUT2D eigenvalue weighted by Crippen LogP contribution is -2.30. The fourth-order valence-corrected chi connectivity index (χ4v) is 5.18. The topological polar surface area (TPSA) is 65.1 Å². The van der Waals surface area contributed by atoms with Crippen molar-refractivity contribution in [3.8, 4) is 22.5 Å². The average Bonchev–Trinajstić information content (AvgIpc) is 3.72. The van der Waals surface area contributed by atoms with Gasteiger partial charge in [-0.25, -0.2) is 19.1 Å². The lowest BCUT2D eigenvalue weighted by molar-refractivity contribution is -0.660. The van der Waals surface area contributed by atoms with Gasteiger partial charge >= 0.3 is 0 Å². The SMILES string of the molecule is C[n+]1ccccc1-c1c2nc(cc3ccc([nH]3)c(-c3cccc[n+]3C)c3ccc(cc4nc1C=C4)[nH]3)C=C2. The van der Waals surface area contributed by atoms with Crippen molar-refractivity contribution in [2.75, 3.05) is 0 Å². The molecule has 0 saturated heterocycles. The first-order valence-electron chi connectivity index (χ1n) is 12.6. The van der Waals surface area contributed by atoms with Crippen molar-refractivity contribution in [3.63, 3.8) is 0 Å². The summed E-state index contributed by atoms with van der Waals surface area (Å²) in [6.07, 6.45) is 12.4. The molecule has 0 radical (unpaired) electrons. The molecule has 182 valence electrons. The number of nitrogens with zero attached hydrogens (tertiary/aromatic N) is 4. The summed E-state index contributed by atoms with van der Waals surface area (Å²) in [5.41, 5.74) is 11.9. The molecular weight excluding hydrogens is 468 g/mol. The van der Waals surface area contributed by atoms with E-state index in [4.69, 9.17) is 9.97 Å². The molecule has 0 saturated carbocycles. The van der Waals surface area contributed by atoms with Gasteiger partial charge < -0.3 is 9.97 Å². The van der Waals surface area contributed by atoms with Crippen molar-refractivity contribution in [1.29, 1.82) is 0 Å². The largest absolute Gasteiger partial charge is 0.355 e. The first-order valence-corrected chi connectivity index (χ1v) is 12.6. The third-order valence-electron chi connectivity index (χ3n) is 7.02. The highest BCUT2D eigenvalue weighted by molar-refractivity contribution is 5.92. The normalized spacial score (nSPS) is 12.3. The van der Waals surface area contributed by atoms with Crippen molar-refractivity contribution < 1.29 is 9.13 Å². The number of aromatic amines is 2. The van der Waals surface area contributed by atoms with Gasteiger partial charge in [-0.2, -0.15) is 0 Å². The Kier molecular flexibility index (Phi) is 5.11. The van der Waals surface area contributed by atoms with Crippen LogP contribution in [0.3, 0.4) is 0 Å². The molecule has 5 aromatic heterocycles. The molecule has 2 N–H and O–H groups in total. The fraction of sp³-hybridized carbons (Fsp3) is 0.0625. The van der Waals surface area contributed by atoms with Crippen LogP contribution in [-0.4, -0.2) is 19.9 Å². The Hall–Kier alpha value is -5.10. The zero-order valence-corrected chi connectivity index (χ0v) is 21.2. The van der Waals surface area contributed by atoms with Gasteiger partial charge in [-0.1, -0.05) is 0 Å². The first-order chi connectivity index (χ1) is 18.6. The summed E-state index contributed by atoms with van der Waals surface area (Å²) in [5, 5.41) is 0. The van der Waals surface area contributed by atoms with E-state index < -0.39 is 0 Å². The smallest absolute Gasteiger partial charge is 0.216 e. The zero-order chi connectivity index (χ0) is 25.6. The van der Waals surface area contributed by atoms with E-state index >= 15 is 0 Å². The minimum Gasteiger partial charge on any atom is -0.355 e. The number of hydrogen-bond acceptors (Lipinski definition) is 2. The molecular formula is C32H26N6+2. The molecule has 0 unspecified atom stereocenters. The second-order valence-corrected chi connectivity index (χ2v) is 9.60. The highest BCUT2D eigenvalue weighted by Crippen LogP contribution is 2.30. The number of aromatic nitrogens is 6. The van der Waals surface area contributed by atoms with E-state index in [0.29, 0.717) is 0 Å². The summed E-state index contributed by atoms with van der Waals surface area (Å²) >= 11 is 0. The molecule has 0 aliphatic carbocycles. The van der Waals surface area contributed by atoms with Crippen LogP contribution in [0.25, 0.3) is 68.9 Å². The van der Waals surface area contributed by atoms with Crippen LogP contribution in [0.1, 0.15) is 22.8 Å². The van der Waals surface area contributed by atoms with Gasteiger partial charge in [0.2, 0.25) is 11.4 Å². The number of pyridine rings is 2. The van der Waals surface area contributed by atoms with E-state index in [2.05, 4.69) is 131 Å². The van der Waals surface area contributed by atoms with Crippen molar-refractivity contribution in [2.24, 2.45) is 14.1 Å². The number of fused-ring (bicyclic) bond motifs is 8. The molecule has 5 aromatic rings. The maximum absolute atomic E-state index is 5.02. The number of nitrogens with one attached hydrogen (secondary N) is 2. The Morgan fingerprint density at radius 1 is 0.553 bits per heavy atom. The Morgan fingerprint density at radius 3 is 1.55 bits per heavy atom. The number of rotatable bonds is 2. The third kappa shape index (κ3) is 3.83. The maximum Gasteiger partial charge on any atom is 0.216 e. The molecule has 2 aliphatic rings. The summed E-state index contributed by atoms with van der Waals surface area (Å²) in [6, 6.07) is 25.1. The van der Waals surface area contributed by atoms with Crippen molar-refractivity contribution in [2.45, 2.75) is 0 Å². The third-order valence-corrected chi connectivity index (χ3v) is 7.02. The summed E-state index contributed by atoms with van der Waals surface area (Å²) in [6.45, 7) is 0. The number of H-pyrrole nitrogens is 2. The van der Waals surface area contributed by atoms with Crippen molar-refractivity contribution in [3.05, 3.63) is 108 Å². The Bertz CT molecular complexity index is 1860. The predicted molar refractivity (Wildman–Crippen MR) is 152 cm³/mol. The summed E-state index contributed by atoms with van der Waals surface area (Å²) < 4.78 is 4.25. The van der Waals surface area contributed by atoms with Crippen LogP contribution in [0.15, 0.2) is 85.2 Å². The van der Waals surface area contributed by atoms with E-state index in [1.54, 1.807) is 0 Å². The summed E-state index contributed by atoms with van der Waals surface area (Å²) in [7, 11) is 4.12. The van der Waals surface area contributed by atoms with Crippen LogP contribution in [0.5, 0.6) is 0 Å². The van der Waals surface area contributed by atoms with Gasteiger partial charge in [-0.3, -0.25) is 0 Å². The Morgan fingerprint density at radius 2 is 1.05 bits per heavy atom. The van der Waals surface area contributed by atoms with Crippen LogP contribution in [0, 0.1) is 0 Å². The van der Waals surface area contributed by atoms with Crippen molar-refractivity contribution >= 4 is 46.4 Å². The minimum atomic E-state index is 0.892. The number of aryl methyl sites for hydroxylation is 2. The molecule has 6 nitrogen and oxygen atoms in total. The van der Waals surface area contributed by atoms with E-state index in [9.17, 15) is 0 Å². The molecule has 6 heteroatoms. The molecule has 0 atom stereocenters. The first kappa shape index (κ1) is 22.1. The monoisotopic (exact) mass is 494 g/mol. The molecule has 2 aliphatic heterocycles. The lowest BCUT2D eigenvalue weighted by Gasteiger charge is -2.02. The molecule has 0 spiro atoms. The van der Waals surface area contributed by atoms with Crippen LogP contribution in [-0.2, 0) is 14.1 Å². The molecule has 7 heterocycles. The average molecular weight is 495 g/mol. The highest BCUT2D eigenvalue weighted by atomic mass is 14.9. The van der Waals surface area contributed by atoms with Crippen LogP contribution >= 0.6 is 0 Å². The van der Waals surface area contributed by atoms with E-state index in [1.807, 2.05) is 12.1 Å². The molecule has 0 fully saturated rings. The minimum absolute atomic E-state index is 0.892. The second-order valence-electron chi connectivity index (χ2n) is 9.60. The quantitative estimate of drug-likeness (QED) is 0.306. The molecule has 7 rings (SSSR count). The second kappa shape index (κ2) is 8.78. The van der Waals surface area contributed by atoms with Crippen LogP contribution in [0.2, 0.25) is 0 Å². The van der Waals surface area contributed by atoms with E-state index in [0.717, 1.165) is 67.4 Å². The number of hydrogen-bond donors (Lipinski definition) is 2. The van der Waals surface area contributed by atoms with Gasteiger partial charge in [0.25, 0.3) is 0 Å². The van der Waals surface area contributed by atoms with Gasteiger partial charge in [0.1, 0.15) is 14.1 Å². The van der Waals surface area contributed by atoms with Crippen molar-refractivity contribution in [1.82, 2.24) is 19.9 Å². The van der Waals surface area contributed by atoms with Crippen LogP contribution < -0.4 is 9.13 Å². The molecule has 0 aromatic carbocycles. The summed E-state index contributed by atoms with van der Waals surface area (Å²) in [4.78, 5) is 17.3. The molecule has 0 amide bonds. The fourth-order valence-electron chi connectivity index (χ4n) is 5.18. The standard InChI is InChI=1S/C32H25N6/c1-37-17-5-3-7-29(37)31-25-13-9-21(33-25)19-23-11-15-27(35-23)32(30-8-4-6-18-38(30)2)28-16-12-24(36-28)20-22-10-14-26(31)34-22/h3-20H,1-2H3,(H,33,34,35,36)/q+1/p+1. The van der Waals surface area contributed by atoms with Crippen LogP contribution in [0.4, 0.5) is 0 Å². The Labute approximate surface area is 220 Å².